The van der Waals surface area contributed by atoms with E-state index >= 15 is 0 Å². The van der Waals surface area contributed by atoms with Gasteiger partial charge in [-0.3, -0.25) is 15.1 Å². The van der Waals surface area contributed by atoms with Gasteiger partial charge in [-0.15, -0.1) is 0 Å². The summed E-state index contributed by atoms with van der Waals surface area (Å²) in [5.41, 5.74) is 4.87. The minimum Gasteiger partial charge on any atom is -0.494 e. The summed E-state index contributed by atoms with van der Waals surface area (Å²) >= 11 is 5.76. The van der Waals surface area contributed by atoms with E-state index in [1.165, 1.54) is 19.2 Å². The molecule has 1 aromatic carbocycles. The molecule has 3 heterocycles. The molecule has 178 valence electrons. The fourth-order valence-corrected chi connectivity index (χ4v) is 5.07. The van der Waals surface area contributed by atoms with Gasteiger partial charge >= 0.3 is 0 Å². The van der Waals surface area contributed by atoms with Crippen molar-refractivity contribution >= 4 is 23.0 Å². The van der Waals surface area contributed by atoms with Crippen molar-refractivity contribution in [2.24, 2.45) is 0 Å². The minimum absolute atomic E-state index is 0.00501. The van der Waals surface area contributed by atoms with Crippen LogP contribution in [0.2, 0.25) is 0 Å². The van der Waals surface area contributed by atoms with E-state index in [2.05, 4.69) is 39.7 Å². The van der Waals surface area contributed by atoms with Crippen molar-refractivity contribution in [3.8, 4) is 11.4 Å². The number of non-ortho nitro benzene ring substituents is 1. The van der Waals surface area contributed by atoms with Crippen LogP contribution in [-0.4, -0.2) is 38.1 Å². The number of unbranched alkanes of at least 4 members (excludes halogenated alkanes) is 1. The van der Waals surface area contributed by atoms with Gasteiger partial charge in [0, 0.05) is 30.2 Å². The standard InChI is InChI=1S/C25H29N5O3S/c1-5-6-13-28-24(23(27-25(28)34)20-9-7-8-12-26-20)19-14-16(2)29(17(19)3)21-11-10-18(30(31)32)15-22(21)33-4/h7-12,14-15,23-24H,5-6,13H2,1-4H3,(H,27,34)/t23-,24+/m1/s1. The summed E-state index contributed by atoms with van der Waals surface area (Å²) in [5, 5.41) is 15.5. The number of methoxy groups -OCH3 is 1. The number of rotatable bonds is 8. The number of aromatic nitrogens is 2. The lowest BCUT2D eigenvalue weighted by atomic mass is 9.96. The quantitative estimate of drug-likeness (QED) is 0.271. The van der Waals surface area contributed by atoms with Crippen LogP contribution < -0.4 is 10.1 Å². The molecule has 2 aromatic heterocycles. The van der Waals surface area contributed by atoms with Crippen LogP contribution in [0.25, 0.3) is 5.69 Å². The smallest absolute Gasteiger partial charge is 0.273 e. The Hall–Kier alpha value is -3.46. The van der Waals surface area contributed by atoms with Crippen LogP contribution in [0.15, 0.2) is 48.7 Å². The van der Waals surface area contributed by atoms with E-state index in [1.807, 2.05) is 25.1 Å². The normalized spacial score (nSPS) is 17.6. The number of nitro benzene ring substituents is 1. The van der Waals surface area contributed by atoms with Gasteiger partial charge in [0.1, 0.15) is 5.75 Å². The molecule has 9 heteroatoms. The molecule has 0 bridgehead atoms. The fraction of sp³-hybridized carbons (Fsp3) is 0.360. The number of ether oxygens (including phenoxy) is 1. The predicted octanol–water partition coefficient (Wildman–Crippen LogP) is 5.18. The molecular formula is C25H29N5O3S. The lowest BCUT2D eigenvalue weighted by Crippen LogP contribution is -2.30. The first-order valence-electron chi connectivity index (χ1n) is 11.4. The van der Waals surface area contributed by atoms with Crippen LogP contribution in [0.5, 0.6) is 5.75 Å². The summed E-state index contributed by atoms with van der Waals surface area (Å²) < 4.78 is 7.63. The molecule has 8 nitrogen and oxygen atoms in total. The summed E-state index contributed by atoms with van der Waals surface area (Å²) in [5.74, 6) is 0.451. The number of pyridine rings is 1. The maximum absolute atomic E-state index is 11.3. The highest BCUT2D eigenvalue weighted by molar-refractivity contribution is 7.80. The average Bonchev–Trinajstić information content (AvgIpc) is 3.32. The zero-order valence-electron chi connectivity index (χ0n) is 19.8. The third kappa shape index (κ3) is 4.23. The maximum Gasteiger partial charge on any atom is 0.273 e. The lowest BCUT2D eigenvalue weighted by molar-refractivity contribution is -0.384. The monoisotopic (exact) mass is 479 g/mol. The molecule has 1 N–H and O–H groups in total. The van der Waals surface area contributed by atoms with E-state index < -0.39 is 4.92 Å². The third-order valence-corrected chi connectivity index (χ3v) is 6.71. The van der Waals surface area contributed by atoms with Crippen LogP contribution >= 0.6 is 12.2 Å². The zero-order chi connectivity index (χ0) is 24.4. The number of nitrogens with one attached hydrogen (secondary N) is 1. The SMILES string of the molecule is CCCCN1C(=S)N[C@H](c2ccccn2)[C@@H]1c1cc(C)n(-c2ccc([N+](=O)[O-])cc2OC)c1C. The first kappa shape index (κ1) is 23.7. The second-order valence-corrected chi connectivity index (χ2v) is 8.84. The van der Waals surface area contributed by atoms with E-state index in [0.717, 1.165) is 52.8 Å². The summed E-state index contributed by atoms with van der Waals surface area (Å²) in [4.78, 5) is 17.7. The summed E-state index contributed by atoms with van der Waals surface area (Å²) in [6, 6.07) is 12.7. The van der Waals surface area contributed by atoms with E-state index in [-0.39, 0.29) is 17.8 Å². The highest BCUT2D eigenvalue weighted by atomic mass is 32.1. The lowest BCUT2D eigenvalue weighted by Gasteiger charge is -2.28. The second-order valence-electron chi connectivity index (χ2n) is 8.45. The Morgan fingerprint density at radius 1 is 1.24 bits per heavy atom. The number of benzene rings is 1. The van der Waals surface area contributed by atoms with Gasteiger partial charge in [0.2, 0.25) is 0 Å². The van der Waals surface area contributed by atoms with Crippen molar-refractivity contribution in [2.75, 3.05) is 13.7 Å². The maximum atomic E-state index is 11.3. The van der Waals surface area contributed by atoms with Gasteiger partial charge in [0.15, 0.2) is 5.11 Å². The van der Waals surface area contributed by atoms with Crippen molar-refractivity contribution in [2.45, 2.75) is 45.7 Å². The van der Waals surface area contributed by atoms with Crippen LogP contribution in [0.3, 0.4) is 0 Å². The minimum atomic E-state index is -0.415. The molecule has 1 aliphatic heterocycles. The molecule has 3 aromatic rings. The second kappa shape index (κ2) is 9.80. The first-order valence-corrected chi connectivity index (χ1v) is 11.8. The summed E-state index contributed by atoms with van der Waals surface area (Å²) in [6.07, 6.45) is 3.90. The largest absolute Gasteiger partial charge is 0.494 e. The molecule has 1 saturated heterocycles. The molecular weight excluding hydrogens is 450 g/mol. The number of nitro groups is 1. The summed E-state index contributed by atoms with van der Waals surface area (Å²) in [6.45, 7) is 7.12. The number of nitrogens with zero attached hydrogens (tertiary/aromatic N) is 4. The topological polar surface area (TPSA) is 85.5 Å². The number of aryl methyl sites for hydroxylation is 1. The van der Waals surface area contributed by atoms with E-state index in [9.17, 15) is 10.1 Å². The average molecular weight is 480 g/mol. The van der Waals surface area contributed by atoms with Gasteiger partial charge in [-0.1, -0.05) is 19.4 Å². The Kier molecular flexibility index (Phi) is 6.83. The number of hydrogen-bond acceptors (Lipinski definition) is 5. The first-order chi connectivity index (χ1) is 16.4. The Morgan fingerprint density at radius 2 is 2.03 bits per heavy atom. The van der Waals surface area contributed by atoms with E-state index in [1.54, 1.807) is 12.3 Å². The van der Waals surface area contributed by atoms with Gasteiger partial charge in [-0.25, -0.2) is 0 Å². The van der Waals surface area contributed by atoms with Crippen LogP contribution in [0.1, 0.15) is 54.5 Å². The van der Waals surface area contributed by atoms with Gasteiger partial charge in [-0.05, 0) is 62.3 Å². The fourth-order valence-electron chi connectivity index (χ4n) is 4.74. The van der Waals surface area contributed by atoms with Crippen molar-refractivity contribution in [3.63, 3.8) is 0 Å². The van der Waals surface area contributed by atoms with Crippen molar-refractivity contribution in [1.82, 2.24) is 19.8 Å². The Morgan fingerprint density at radius 3 is 2.68 bits per heavy atom. The zero-order valence-corrected chi connectivity index (χ0v) is 20.6. The highest BCUT2D eigenvalue weighted by Crippen LogP contribution is 2.42. The molecule has 1 aliphatic rings. The van der Waals surface area contributed by atoms with Crippen molar-refractivity contribution in [3.05, 3.63) is 81.4 Å². The molecule has 1 fully saturated rings. The van der Waals surface area contributed by atoms with Crippen LogP contribution in [-0.2, 0) is 0 Å². The Labute approximate surface area is 204 Å². The Bertz CT molecular complexity index is 1210. The van der Waals surface area contributed by atoms with Crippen molar-refractivity contribution in [1.29, 1.82) is 0 Å². The van der Waals surface area contributed by atoms with Crippen molar-refractivity contribution < 1.29 is 9.66 Å². The van der Waals surface area contributed by atoms with E-state index in [0.29, 0.717) is 5.75 Å². The molecule has 0 saturated carbocycles. The molecule has 0 unspecified atom stereocenters. The van der Waals surface area contributed by atoms with E-state index in [4.69, 9.17) is 17.0 Å². The molecule has 0 radical (unpaired) electrons. The Balaban J connectivity index is 1.84. The molecule has 0 aliphatic carbocycles. The third-order valence-electron chi connectivity index (χ3n) is 6.35. The van der Waals surface area contributed by atoms with Gasteiger partial charge in [-0.2, -0.15) is 0 Å². The molecule has 0 amide bonds. The summed E-state index contributed by atoms with van der Waals surface area (Å²) in [7, 11) is 1.53. The van der Waals surface area contributed by atoms with Gasteiger partial charge < -0.3 is 19.5 Å². The van der Waals surface area contributed by atoms with Gasteiger partial charge in [0.05, 0.1) is 41.6 Å². The predicted molar refractivity (Wildman–Crippen MR) is 136 cm³/mol. The van der Waals surface area contributed by atoms with Crippen LogP contribution in [0.4, 0.5) is 5.69 Å². The number of thiocarbonyl (C=S) groups is 1. The van der Waals surface area contributed by atoms with Gasteiger partial charge in [0.25, 0.3) is 5.69 Å². The number of hydrogen-bond donors (Lipinski definition) is 1. The molecule has 4 rings (SSSR count). The van der Waals surface area contributed by atoms with Crippen LogP contribution in [0, 0.1) is 24.0 Å². The highest BCUT2D eigenvalue weighted by Gasteiger charge is 2.41. The molecule has 34 heavy (non-hydrogen) atoms. The molecule has 2 atom stereocenters. The molecule has 0 spiro atoms.